The quantitative estimate of drug-likeness (QED) is 0.763. The van der Waals surface area contributed by atoms with Crippen molar-refractivity contribution in [1.29, 1.82) is 0 Å². The molecule has 0 radical (unpaired) electrons. The lowest BCUT2D eigenvalue weighted by Gasteiger charge is -2.14. The molecule has 2 nitrogen and oxygen atoms in total. The standard InChI is InChI=1S/C15H10Cl2F3NO/c16-11-5-9-6-13(21-14(9)7-12(11)17)8-2-1-3-10(4-8)22-15(18,19)20/h1-5,7,13,21H,6H2. The Morgan fingerprint density at radius 2 is 1.82 bits per heavy atom. The molecule has 1 unspecified atom stereocenters. The first kappa shape index (κ1) is 15.3. The molecule has 0 aliphatic carbocycles. The summed E-state index contributed by atoms with van der Waals surface area (Å²) >= 11 is 11.9. The summed E-state index contributed by atoms with van der Waals surface area (Å²) in [6.07, 6.45) is -4.09. The van der Waals surface area contributed by atoms with Crippen LogP contribution in [0, 0.1) is 0 Å². The van der Waals surface area contributed by atoms with E-state index in [1.165, 1.54) is 18.2 Å². The van der Waals surface area contributed by atoms with Crippen molar-refractivity contribution < 1.29 is 17.9 Å². The van der Waals surface area contributed by atoms with E-state index in [9.17, 15) is 13.2 Å². The largest absolute Gasteiger partial charge is 0.573 e. The number of hydrogen-bond donors (Lipinski definition) is 1. The van der Waals surface area contributed by atoms with Gasteiger partial charge in [0.1, 0.15) is 5.75 Å². The minimum atomic E-state index is -4.70. The van der Waals surface area contributed by atoms with E-state index in [4.69, 9.17) is 23.2 Å². The molecule has 3 rings (SSSR count). The predicted octanol–water partition coefficient (Wildman–Crippen LogP) is 5.60. The van der Waals surface area contributed by atoms with Crippen LogP contribution in [0.5, 0.6) is 5.75 Å². The van der Waals surface area contributed by atoms with Crippen LogP contribution < -0.4 is 10.1 Å². The zero-order valence-electron chi connectivity index (χ0n) is 11.0. The van der Waals surface area contributed by atoms with E-state index in [1.54, 1.807) is 18.2 Å². The molecule has 0 aromatic heterocycles. The van der Waals surface area contributed by atoms with Gasteiger partial charge in [-0.3, -0.25) is 0 Å². The van der Waals surface area contributed by atoms with Crippen molar-refractivity contribution in [3.05, 3.63) is 57.6 Å². The summed E-state index contributed by atoms with van der Waals surface area (Å²) in [5, 5.41) is 4.12. The van der Waals surface area contributed by atoms with Crippen LogP contribution in [-0.2, 0) is 6.42 Å². The number of halogens is 5. The van der Waals surface area contributed by atoms with Crippen LogP contribution in [0.25, 0.3) is 0 Å². The average molecular weight is 348 g/mol. The fourth-order valence-corrected chi connectivity index (χ4v) is 2.83. The molecule has 1 N–H and O–H groups in total. The maximum atomic E-state index is 12.3. The first-order valence-corrected chi connectivity index (χ1v) is 7.17. The van der Waals surface area contributed by atoms with Crippen LogP contribution in [0.2, 0.25) is 10.0 Å². The number of fused-ring (bicyclic) bond motifs is 1. The van der Waals surface area contributed by atoms with Crippen molar-refractivity contribution in [2.24, 2.45) is 0 Å². The van der Waals surface area contributed by atoms with Gasteiger partial charge in [-0.2, -0.15) is 0 Å². The summed E-state index contributed by atoms with van der Waals surface area (Å²) in [7, 11) is 0. The van der Waals surface area contributed by atoms with Crippen molar-refractivity contribution in [3.63, 3.8) is 0 Å². The molecule has 0 fully saturated rings. The summed E-state index contributed by atoms with van der Waals surface area (Å²) in [6, 6.07) is 9.25. The van der Waals surface area contributed by atoms with Crippen LogP contribution >= 0.6 is 23.2 Å². The fraction of sp³-hybridized carbons (Fsp3) is 0.200. The van der Waals surface area contributed by atoms with Crippen molar-refractivity contribution in [1.82, 2.24) is 0 Å². The Morgan fingerprint density at radius 3 is 2.55 bits per heavy atom. The van der Waals surface area contributed by atoms with Gasteiger partial charge in [0, 0.05) is 5.69 Å². The van der Waals surface area contributed by atoms with Crippen LogP contribution in [-0.4, -0.2) is 6.36 Å². The molecule has 0 saturated heterocycles. The van der Waals surface area contributed by atoms with Gasteiger partial charge in [0.25, 0.3) is 0 Å². The van der Waals surface area contributed by atoms with E-state index in [1.807, 2.05) is 0 Å². The van der Waals surface area contributed by atoms with Gasteiger partial charge in [0.2, 0.25) is 0 Å². The Bertz CT molecular complexity index is 687. The Hall–Kier alpha value is -1.59. The molecular weight excluding hydrogens is 338 g/mol. The average Bonchev–Trinajstić information content (AvgIpc) is 2.80. The minimum absolute atomic E-state index is 0.152. The lowest BCUT2D eigenvalue weighted by Crippen LogP contribution is -2.17. The Balaban J connectivity index is 1.83. The summed E-state index contributed by atoms with van der Waals surface area (Å²) in [6.45, 7) is 0. The molecule has 0 amide bonds. The van der Waals surface area contributed by atoms with E-state index >= 15 is 0 Å². The molecular formula is C15H10Cl2F3NO. The Morgan fingerprint density at radius 1 is 1.09 bits per heavy atom. The molecule has 2 aromatic carbocycles. The second kappa shape index (κ2) is 5.56. The van der Waals surface area contributed by atoms with Gasteiger partial charge >= 0.3 is 6.36 Å². The number of anilines is 1. The molecule has 7 heteroatoms. The molecule has 1 aliphatic heterocycles. The van der Waals surface area contributed by atoms with E-state index < -0.39 is 6.36 Å². The monoisotopic (exact) mass is 347 g/mol. The van der Waals surface area contributed by atoms with Gasteiger partial charge < -0.3 is 10.1 Å². The minimum Gasteiger partial charge on any atom is -0.406 e. The normalized spacial score (nSPS) is 17.0. The van der Waals surface area contributed by atoms with Gasteiger partial charge in [-0.15, -0.1) is 13.2 Å². The first-order chi connectivity index (χ1) is 10.3. The van der Waals surface area contributed by atoms with Gasteiger partial charge in [-0.25, -0.2) is 0 Å². The third-order valence-corrected chi connectivity index (χ3v) is 4.12. The molecule has 1 aliphatic rings. The zero-order valence-corrected chi connectivity index (χ0v) is 12.6. The highest BCUT2D eigenvalue weighted by molar-refractivity contribution is 6.42. The summed E-state index contributed by atoms with van der Waals surface area (Å²) in [5.41, 5.74) is 2.51. The highest BCUT2D eigenvalue weighted by Gasteiger charge is 2.31. The molecule has 1 atom stereocenters. The van der Waals surface area contributed by atoms with Crippen molar-refractivity contribution in [3.8, 4) is 5.75 Å². The van der Waals surface area contributed by atoms with E-state index in [0.717, 1.165) is 11.3 Å². The van der Waals surface area contributed by atoms with E-state index in [2.05, 4.69) is 10.1 Å². The first-order valence-electron chi connectivity index (χ1n) is 6.42. The molecule has 0 spiro atoms. The SMILES string of the molecule is FC(F)(F)Oc1cccc(C2Cc3cc(Cl)c(Cl)cc3N2)c1. The van der Waals surface area contributed by atoms with Gasteiger partial charge in [0.05, 0.1) is 16.1 Å². The zero-order chi connectivity index (χ0) is 15.9. The lowest BCUT2D eigenvalue weighted by molar-refractivity contribution is -0.274. The van der Waals surface area contributed by atoms with Crippen LogP contribution in [0.3, 0.4) is 0 Å². The van der Waals surface area contributed by atoms with Crippen LogP contribution in [0.1, 0.15) is 17.2 Å². The molecule has 22 heavy (non-hydrogen) atoms. The van der Waals surface area contributed by atoms with E-state index in [-0.39, 0.29) is 11.8 Å². The fourth-order valence-electron chi connectivity index (χ4n) is 2.48. The summed E-state index contributed by atoms with van der Waals surface area (Å²) in [5.74, 6) is -0.237. The Labute approximate surface area is 134 Å². The predicted molar refractivity (Wildman–Crippen MR) is 79.7 cm³/mol. The molecule has 0 saturated carbocycles. The molecule has 2 aromatic rings. The molecule has 0 bridgehead atoms. The number of ether oxygens (including phenoxy) is 1. The van der Waals surface area contributed by atoms with Gasteiger partial charge in [-0.1, -0.05) is 35.3 Å². The number of rotatable bonds is 2. The van der Waals surface area contributed by atoms with Crippen molar-refractivity contribution in [2.75, 3.05) is 5.32 Å². The number of hydrogen-bond acceptors (Lipinski definition) is 2. The Kier molecular flexibility index (Phi) is 3.87. The van der Waals surface area contributed by atoms with Crippen LogP contribution in [0.15, 0.2) is 36.4 Å². The van der Waals surface area contributed by atoms with E-state index in [0.29, 0.717) is 22.0 Å². The van der Waals surface area contributed by atoms with Crippen LogP contribution in [0.4, 0.5) is 18.9 Å². The lowest BCUT2D eigenvalue weighted by atomic mass is 10.0. The molecule has 1 heterocycles. The maximum Gasteiger partial charge on any atom is 0.573 e. The smallest absolute Gasteiger partial charge is 0.406 e. The van der Waals surface area contributed by atoms with Gasteiger partial charge in [-0.05, 0) is 41.8 Å². The second-order valence-electron chi connectivity index (χ2n) is 4.94. The topological polar surface area (TPSA) is 21.3 Å². The summed E-state index contributed by atoms with van der Waals surface area (Å²) < 4.78 is 40.8. The van der Waals surface area contributed by atoms with Crippen molar-refractivity contribution in [2.45, 2.75) is 18.8 Å². The highest BCUT2D eigenvalue weighted by atomic mass is 35.5. The third-order valence-electron chi connectivity index (χ3n) is 3.39. The molecule has 116 valence electrons. The highest BCUT2D eigenvalue weighted by Crippen LogP contribution is 2.39. The third kappa shape index (κ3) is 3.25. The summed E-state index contributed by atoms with van der Waals surface area (Å²) in [4.78, 5) is 0. The number of nitrogens with one attached hydrogen (secondary N) is 1. The second-order valence-corrected chi connectivity index (χ2v) is 5.76. The van der Waals surface area contributed by atoms with Crippen molar-refractivity contribution >= 4 is 28.9 Å². The number of benzene rings is 2. The maximum absolute atomic E-state index is 12.3. The van der Waals surface area contributed by atoms with Gasteiger partial charge in [0.15, 0.2) is 0 Å². The number of alkyl halides is 3.